The van der Waals surface area contributed by atoms with Gasteiger partial charge < -0.3 is 28.1 Å². The fourth-order valence-corrected chi connectivity index (χ4v) is 4.82. The summed E-state index contributed by atoms with van der Waals surface area (Å²) in [5.41, 5.74) is 2.01. The number of ketones is 1. The number of hydrogen-bond acceptors (Lipinski definition) is 7. The highest BCUT2D eigenvalue weighted by molar-refractivity contribution is 9.09. The first-order chi connectivity index (χ1) is 16.4. The van der Waals surface area contributed by atoms with Gasteiger partial charge in [-0.1, -0.05) is 26.8 Å². The van der Waals surface area contributed by atoms with Crippen LogP contribution in [-0.2, 0) is 4.79 Å². The van der Waals surface area contributed by atoms with Gasteiger partial charge in [0.05, 0.1) is 28.4 Å². The summed E-state index contributed by atoms with van der Waals surface area (Å²) < 4.78 is 34.9. The van der Waals surface area contributed by atoms with E-state index in [0.717, 1.165) is 5.56 Å². The number of ether oxygens (including phenoxy) is 5. The second kappa shape index (κ2) is 10.1. The second-order valence-corrected chi connectivity index (χ2v) is 15.2. The van der Waals surface area contributed by atoms with Crippen LogP contribution in [0.4, 0.5) is 0 Å². The third kappa shape index (κ3) is 5.16. The number of methoxy groups -OCH3 is 4. The molecule has 1 aliphatic heterocycles. The molecule has 0 fully saturated rings. The Hall–Kier alpha value is -2.65. The molecule has 1 heterocycles. The molecular formula is C26H33BrO7Si. The van der Waals surface area contributed by atoms with E-state index < -0.39 is 13.3 Å². The zero-order valence-corrected chi connectivity index (χ0v) is 24.3. The molecule has 0 radical (unpaired) electrons. The van der Waals surface area contributed by atoms with E-state index in [0.29, 0.717) is 45.6 Å². The van der Waals surface area contributed by atoms with Gasteiger partial charge in [0.1, 0.15) is 5.75 Å². The highest BCUT2D eigenvalue weighted by atomic mass is 79.9. The summed E-state index contributed by atoms with van der Waals surface area (Å²) in [6.45, 7) is 10.9. The van der Waals surface area contributed by atoms with Crippen LogP contribution >= 0.6 is 15.9 Å². The van der Waals surface area contributed by atoms with Crippen molar-refractivity contribution in [2.24, 2.45) is 0 Å². The van der Waals surface area contributed by atoms with Gasteiger partial charge in [-0.2, -0.15) is 0 Å². The number of hydrogen-bond donors (Lipinski definition) is 0. The molecule has 0 saturated carbocycles. The lowest BCUT2D eigenvalue weighted by Crippen LogP contribution is -2.43. The Morgan fingerprint density at radius 2 is 1.51 bits per heavy atom. The van der Waals surface area contributed by atoms with Crippen molar-refractivity contribution in [3.8, 4) is 34.5 Å². The van der Waals surface area contributed by atoms with E-state index in [2.05, 4.69) is 49.8 Å². The Kier molecular flexibility index (Phi) is 7.81. The lowest BCUT2D eigenvalue weighted by atomic mass is 9.95. The van der Waals surface area contributed by atoms with E-state index in [-0.39, 0.29) is 10.8 Å². The molecule has 0 amide bonds. The molecule has 1 atom stereocenters. The molecule has 1 aliphatic rings. The third-order valence-corrected chi connectivity index (χ3v) is 11.4. The molecule has 0 spiro atoms. The van der Waals surface area contributed by atoms with Crippen molar-refractivity contribution in [2.45, 2.75) is 43.9 Å². The molecule has 0 saturated heterocycles. The van der Waals surface area contributed by atoms with Gasteiger partial charge in [0.2, 0.25) is 22.3 Å². The zero-order chi connectivity index (χ0) is 26.1. The van der Waals surface area contributed by atoms with Gasteiger partial charge in [-0.25, -0.2) is 0 Å². The topological polar surface area (TPSA) is 72.5 Å². The quantitative estimate of drug-likeness (QED) is 0.292. The molecule has 7 nitrogen and oxygen atoms in total. The van der Waals surface area contributed by atoms with Gasteiger partial charge in [-0.3, -0.25) is 4.79 Å². The van der Waals surface area contributed by atoms with Crippen LogP contribution in [0.3, 0.4) is 0 Å². The van der Waals surface area contributed by atoms with Crippen molar-refractivity contribution in [3.63, 3.8) is 0 Å². The molecule has 35 heavy (non-hydrogen) atoms. The van der Waals surface area contributed by atoms with Gasteiger partial charge in [-0.15, -0.1) is 0 Å². The summed E-state index contributed by atoms with van der Waals surface area (Å²) in [6.07, 6.45) is 1.55. The highest BCUT2D eigenvalue weighted by Crippen LogP contribution is 2.51. The highest BCUT2D eigenvalue weighted by Gasteiger charge is 2.40. The number of carbonyl (C=O) groups is 1. The summed E-state index contributed by atoms with van der Waals surface area (Å²) in [7, 11) is 4.02. The van der Waals surface area contributed by atoms with Crippen LogP contribution in [-0.4, -0.2) is 47.6 Å². The van der Waals surface area contributed by atoms with Gasteiger partial charge >= 0.3 is 0 Å². The van der Waals surface area contributed by atoms with Crippen molar-refractivity contribution < 1.29 is 32.9 Å². The summed E-state index contributed by atoms with van der Waals surface area (Å²) in [5.74, 6) is 2.52. The smallest absolute Gasteiger partial charge is 0.250 e. The monoisotopic (exact) mass is 564 g/mol. The van der Waals surface area contributed by atoms with Crippen LogP contribution in [0.25, 0.3) is 5.57 Å². The average molecular weight is 566 g/mol. The van der Waals surface area contributed by atoms with Gasteiger partial charge in [0, 0.05) is 5.56 Å². The SMILES string of the molecule is COc1ccc(C2=CC(=O)C(Br)Oc3c2cc(OC)c(OC)c3OC)cc1O[Si](C)(C)C(C)(C)C. The van der Waals surface area contributed by atoms with Crippen molar-refractivity contribution in [1.82, 2.24) is 0 Å². The standard InChI is InChI=1S/C26H33BrO7Si/c1-26(2,3)35(8,9)34-20-12-15(10-11-19(20)29-4)16-13-18(28)25(27)33-22-17(16)14-21(30-5)23(31-6)24(22)32-7/h10-14,25H,1-9H3. The first kappa shape index (κ1) is 26.9. The van der Waals surface area contributed by atoms with Crippen molar-refractivity contribution >= 4 is 35.6 Å². The first-order valence-electron chi connectivity index (χ1n) is 11.2. The van der Waals surface area contributed by atoms with Crippen molar-refractivity contribution in [3.05, 3.63) is 41.5 Å². The van der Waals surface area contributed by atoms with Crippen LogP contribution < -0.4 is 28.1 Å². The number of benzene rings is 2. The summed E-state index contributed by atoms with van der Waals surface area (Å²) >= 11 is 3.33. The minimum Gasteiger partial charge on any atom is -0.541 e. The number of halogens is 1. The molecule has 2 aromatic carbocycles. The molecule has 9 heteroatoms. The Labute approximate surface area is 216 Å². The maximum Gasteiger partial charge on any atom is 0.250 e. The Morgan fingerprint density at radius 3 is 2.06 bits per heavy atom. The van der Waals surface area contributed by atoms with Crippen LogP contribution in [0.5, 0.6) is 34.5 Å². The second-order valence-electron chi connectivity index (χ2n) is 9.64. The molecule has 0 aliphatic carbocycles. The normalized spacial score (nSPS) is 15.9. The van der Waals surface area contributed by atoms with Crippen molar-refractivity contribution in [1.29, 1.82) is 0 Å². The Bertz CT molecular complexity index is 1150. The largest absolute Gasteiger partial charge is 0.541 e. The number of carbonyl (C=O) groups excluding carboxylic acids is 1. The van der Waals surface area contributed by atoms with E-state index in [4.69, 9.17) is 28.1 Å². The number of fused-ring (bicyclic) bond motifs is 1. The van der Waals surface area contributed by atoms with Gasteiger partial charge in [-0.05, 0) is 69.5 Å². The minimum atomic E-state index is -2.17. The van der Waals surface area contributed by atoms with Crippen molar-refractivity contribution in [2.75, 3.05) is 28.4 Å². The molecule has 2 aromatic rings. The molecule has 3 rings (SSSR count). The van der Waals surface area contributed by atoms with Crippen LogP contribution in [0, 0.1) is 0 Å². The molecular weight excluding hydrogens is 532 g/mol. The zero-order valence-electron chi connectivity index (χ0n) is 21.7. The molecule has 1 unspecified atom stereocenters. The number of rotatable bonds is 7. The van der Waals surface area contributed by atoms with E-state index >= 15 is 0 Å². The summed E-state index contributed by atoms with van der Waals surface area (Å²) in [6, 6.07) is 7.41. The summed E-state index contributed by atoms with van der Waals surface area (Å²) in [5, 5.41) is -0.904. The van der Waals surface area contributed by atoms with E-state index in [1.54, 1.807) is 26.4 Å². The number of alkyl halides is 1. The minimum absolute atomic E-state index is 0.00746. The third-order valence-electron chi connectivity index (χ3n) is 6.45. The van der Waals surface area contributed by atoms with Crippen LogP contribution in [0.15, 0.2) is 30.3 Å². The fourth-order valence-electron chi connectivity index (χ4n) is 3.48. The van der Waals surface area contributed by atoms with Gasteiger partial charge in [0.15, 0.2) is 17.2 Å². The molecule has 0 bridgehead atoms. The van der Waals surface area contributed by atoms with Crippen LogP contribution in [0.1, 0.15) is 31.9 Å². The fraction of sp³-hybridized carbons (Fsp3) is 0.423. The predicted molar refractivity (Wildman–Crippen MR) is 142 cm³/mol. The lowest BCUT2D eigenvalue weighted by molar-refractivity contribution is -0.117. The maximum absolute atomic E-state index is 12.9. The lowest BCUT2D eigenvalue weighted by Gasteiger charge is -2.37. The molecule has 0 N–H and O–H groups in total. The molecule has 0 aromatic heterocycles. The van der Waals surface area contributed by atoms with E-state index in [9.17, 15) is 4.79 Å². The predicted octanol–water partition coefficient (Wildman–Crippen LogP) is 6.22. The average Bonchev–Trinajstić information content (AvgIpc) is 2.92. The Morgan fingerprint density at radius 1 is 0.886 bits per heavy atom. The van der Waals surface area contributed by atoms with Crippen LogP contribution in [0.2, 0.25) is 18.1 Å². The summed E-state index contributed by atoms with van der Waals surface area (Å²) in [4.78, 5) is 12.9. The van der Waals surface area contributed by atoms with E-state index in [1.807, 2.05) is 18.2 Å². The van der Waals surface area contributed by atoms with Gasteiger partial charge in [0.25, 0.3) is 8.32 Å². The Balaban J connectivity index is 2.27. The first-order valence-corrected chi connectivity index (χ1v) is 15.0. The van der Waals surface area contributed by atoms with E-state index in [1.165, 1.54) is 14.2 Å². The molecule has 190 valence electrons. The maximum atomic E-state index is 12.9.